The number of hydrogen-bond acceptors (Lipinski definition) is 4. The molecule has 0 aromatic carbocycles. The molecular formula is Fe2O4S+3. The summed E-state index contributed by atoms with van der Waals surface area (Å²) in [5.41, 5.74) is 0. The van der Waals surface area contributed by atoms with Gasteiger partial charge >= 0.3 is 34.1 Å². The van der Waals surface area contributed by atoms with Gasteiger partial charge in [0.15, 0.2) is 0 Å². The maximum absolute atomic E-state index is 8.52. The van der Waals surface area contributed by atoms with Gasteiger partial charge in [0.05, 0.1) is 0 Å². The van der Waals surface area contributed by atoms with Gasteiger partial charge in [-0.2, -0.15) is 0 Å². The van der Waals surface area contributed by atoms with E-state index in [2.05, 4.69) is 0 Å². The molecule has 7 heteroatoms. The molecule has 0 aliphatic rings. The van der Waals surface area contributed by atoms with E-state index in [-0.39, 0.29) is 34.1 Å². The molecule has 0 saturated heterocycles. The van der Waals surface area contributed by atoms with Crippen molar-refractivity contribution >= 4 is 10.4 Å². The van der Waals surface area contributed by atoms with Crippen LogP contribution >= 0.6 is 0 Å². The first-order chi connectivity index (χ1) is 2.00. The molecular weight excluding hydrogens is 208 g/mol. The van der Waals surface area contributed by atoms with E-state index in [0.29, 0.717) is 0 Å². The summed E-state index contributed by atoms with van der Waals surface area (Å²) in [5.74, 6) is 0. The minimum absolute atomic E-state index is 0. The fourth-order valence-corrected chi connectivity index (χ4v) is 0. The Kier molecular flexibility index (Phi) is 11.3. The van der Waals surface area contributed by atoms with E-state index in [1.54, 1.807) is 0 Å². The minimum atomic E-state index is -5.17. The van der Waals surface area contributed by atoms with Crippen molar-refractivity contribution in [1.82, 2.24) is 0 Å². The normalized spacial score (nSPS) is 8.29. The van der Waals surface area contributed by atoms with Crippen LogP contribution < -0.4 is 0 Å². The van der Waals surface area contributed by atoms with Crippen molar-refractivity contribution in [2.24, 2.45) is 0 Å². The smallest absolute Gasteiger partial charge is 0.759 e. The molecule has 43 valence electrons. The molecule has 0 aliphatic carbocycles. The van der Waals surface area contributed by atoms with Crippen LogP contribution in [0.1, 0.15) is 0 Å². The van der Waals surface area contributed by atoms with Crippen LogP contribution in [0.4, 0.5) is 0 Å². The van der Waals surface area contributed by atoms with Gasteiger partial charge in [-0.1, -0.05) is 0 Å². The predicted octanol–water partition coefficient (Wildman–Crippen LogP) is -1.34. The Morgan fingerprint density at radius 3 is 1.14 bits per heavy atom. The van der Waals surface area contributed by atoms with Crippen LogP contribution in [0.5, 0.6) is 0 Å². The predicted molar refractivity (Wildman–Crippen MR) is 10.5 cm³/mol. The molecule has 4 nitrogen and oxygen atoms in total. The van der Waals surface area contributed by atoms with Crippen LogP contribution in [0.3, 0.4) is 0 Å². The van der Waals surface area contributed by atoms with E-state index in [9.17, 15) is 0 Å². The third-order valence-corrected chi connectivity index (χ3v) is 0. The van der Waals surface area contributed by atoms with E-state index in [1.165, 1.54) is 0 Å². The van der Waals surface area contributed by atoms with Crippen molar-refractivity contribution in [3.05, 3.63) is 0 Å². The maximum atomic E-state index is 8.52. The van der Waals surface area contributed by atoms with Crippen molar-refractivity contribution in [2.75, 3.05) is 0 Å². The number of rotatable bonds is 0. The van der Waals surface area contributed by atoms with Gasteiger partial charge in [0.25, 0.3) is 0 Å². The molecule has 0 unspecified atom stereocenters. The van der Waals surface area contributed by atoms with Gasteiger partial charge in [0.2, 0.25) is 0 Å². The van der Waals surface area contributed by atoms with E-state index >= 15 is 0 Å². The zero-order valence-electron chi connectivity index (χ0n) is 2.75. The third-order valence-electron chi connectivity index (χ3n) is 0. The number of hydrogen-bond donors (Lipinski definition) is 0. The molecule has 0 spiro atoms. The van der Waals surface area contributed by atoms with Crippen molar-refractivity contribution in [1.29, 1.82) is 0 Å². The first kappa shape index (κ1) is 15.7. The molecule has 0 rings (SSSR count). The summed E-state index contributed by atoms with van der Waals surface area (Å²) in [4.78, 5) is 0. The summed E-state index contributed by atoms with van der Waals surface area (Å²) in [5, 5.41) is 0. The standard InChI is InChI=1S/2Fe.H2O4S/c;;1-5(2,3)4/h;;(H2,1,2,3,4)/q+2;+3;/p-2. The van der Waals surface area contributed by atoms with E-state index < -0.39 is 10.4 Å². The molecule has 0 bridgehead atoms. The minimum Gasteiger partial charge on any atom is -0.759 e. The molecule has 1 radical (unpaired) electrons. The summed E-state index contributed by atoms with van der Waals surface area (Å²) in [7, 11) is -5.17. The van der Waals surface area contributed by atoms with Gasteiger partial charge in [0, 0.05) is 10.4 Å². The summed E-state index contributed by atoms with van der Waals surface area (Å²) < 4.78 is 34.1. The molecule has 0 amide bonds. The Hall–Kier alpha value is 0.909. The van der Waals surface area contributed by atoms with Crippen LogP contribution in [0.15, 0.2) is 0 Å². The molecule has 0 saturated carbocycles. The maximum Gasteiger partial charge on any atom is 3.00 e. The molecule has 0 N–H and O–H groups in total. The van der Waals surface area contributed by atoms with Crippen LogP contribution in [-0.2, 0) is 44.5 Å². The quantitative estimate of drug-likeness (QED) is 0.280. The summed E-state index contributed by atoms with van der Waals surface area (Å²) >= 11 is 0. The van der Waals surface area contributed by atoms with E-state index in [1.807, 2.05) is 0 Å². The van der Waals surface area contributed by atoms with Gasteiger partial charge in [-0.05, 0) is 0 Å². The fourth-order valence-electron chi connectivity index (χ4n) is 0. The Bertz CT molecular complexity index is 92.9. The second-order valence-electron chi connectivity index (χ2n) is 0.408. The largest absolute Gasteiger partial charge is 3.00 e. The average molecular weight is 208 g/mol. The molecule has 0 heterocycles. The molecule has 0 aromatic rings. The summed E-state index contributed by atoms with van der Waals surface area (Å²) in [6.07, 6.45) is 0. The van der Waals surface area contributed by atoms with Crippen LogP contribution in [-0.4, -0.2) is 17.5 Å². The summed E-state index contributed by atoms with van der Waals surface area (Å²) in [6, 6.07) is 0. The molecule has 0 aromatic heterocycles. The Labute approximate surface area is 62.2 Å². The molecule has 0 atom stereocenters. The third kappa shape index (κ3) is 202. The average Bonchev–Trinajstić information content (AvgIpc) is 0.722. The van der Waals surface area contributed by atoms with Crippen molar-refractivity contribution in [3.63, 3.8) is 0 Å². The first-order valence-corrected chi connectivity index (χ1v) is 2.00. The van der Waals surface area contributed by atoms with Crippen molar-refractivity contribution in [3.8, 4) is 0 Å². The van der Waals surface area contributed by atoms with Crippen LogP contribution in [0, 0.1) is 0 Å². The van der Waals surface area contributed by atoms with E-state index in [0.717, 1.165) is 0 Å². The van der Waals surface area contributed by atoms with Gasteiger partial charge < -0.3 is 9.11 Å². The first-order valence-electron chi connectivity index (χ1n) is 0.667. The van der Waals surface area contributed by atoms with Gasteiger partial charge in [-0.3, -0.25) is 8.42 Å². The molecule has 0 aliphatic heterocycles. The summed E-state index contributed by atoms with van der Waals surface area (Å²) in [6.45, 7) is 0. The van der Waals surface area contributed by atoms with Crippen molar-refractivity contribution < 1.29 is 51.7 Å². The molecule has 7 heavy (non-hydrogen) atoms. The Balaban J connectivity index is -0.0000000800. The zero-order chi connectivity index (χ0) is 4.50. The van der Waals surface area contributed by atoms with Crippen LogP contribution in [0.2, 0.25) is 0 Å². The topological polar surface area (TPSA) is 80.3 Å². The van der Waals surface area contributed by atoms with Gasteiger partial charge in [-0.25, -0.2) is 0 Å². The second kappa shape index (κ2) is 5.05. The Morgan fingerprint density at radius 2 is 1.14 bits per heavy atom. The van der Waals surface area contributed by atoms with Gasteiger partial charge in [0.1, 0.15) is 0 Å². The molecule has 0 fully saturated rings. The zero-order valence-corrected chi connectivity index (χ0v) is 5.77. The monoisotopic (exact) mass is 208 g/mol. The van der Waals surface area contributed by atoms with Gasteiger partial charge in [-0.15, -0.1) is 0 Å². The SMILES string of the molecule is O=S(=O)([O-])[O-].[Fe+2].[Fe+3]. The second-order valence-corrected chi connectivity index (χ2v) is 1.22. The van der Waals surface area contributed by atoms with Crippen LogP contribution in [0.25, 0.3) is 0 Å². The van der Waals surface area contributed by atoms with E-state index in [4.69, 9.17) is 17.5 Å². The van der Waals surface area contributed by atoms with Crippen molar-refractivity contribution in [2.45, 2.75) is 0 Å². The fraction of sp³-hybridized carbons (Fsp3) is 0. The Morgan fingerprint density at radius 1 is 1.14 bits per heavy atom.